The zero-order chi connectivity index (χ0) is 13.8. The van der Waals surface area contributed by atoms with Gasteiger partial charge in [0.15, 0.2) is 0 Å². The van der Waals surface area contributed by atoms with Crippen LogP contribution in [0.15, 0.2) is 24.3 Å². The average molecular weight is 261 g/mol. The zero-order valence-corrected chi connectivity index (χ0v) is 10.5. The van der Waals surface area contributed by atoms with Crippen LogP contribution in [0.1, 0.15) is 32.3 Å². The van der Waals surface area contributed by atoms with E-state index in [2.05, 4.69) is 5.32 Å². The molecule has 0 aliphatic carbocycles. The molecule has 1 aromatic carbocycles. The van der Waals surface area contributed by atoms with Crippen LogP contribution in [0.3, 0.4) is 0 Å². The molecule has 2 nitrogen and oxygen atoms in total. The normalized spacial score (nSPS) is 12.6. The van der Waals surface area contributed by atoms with E-state index in [9.17, 15) is 18.3 Å². The Morgan fingerprint density at radius 2 is 1.78 bits per heavy atom. The lowest BCUT2D eigenvalue weighted by atomic mass is 9.97. The van der Waals surface area contributed by atoms with E-state index in [0.717, 1.165) is 12.1 Å². The minimum absolute atomic E-state index is 0.237. The van der Waals surface area contributed by atoms with Gasteiger partial charge in [-0.1, -0.05) is 19.9 Å². The van der Waals surface area contributed by atoms with Gasteiger partial charge in [0.05, 0.1) is 11.2 Å². The molecule has 0 fully saturated rings. The van der Waals surface area contributed by atoms with Crippen LogP contribution in [-0.4, -0.2) is 17.3 Å². The fourth-order valence-electron chi connectivity index (χ4n) is 1.57. The Labute approximate surface area is 105 Å². The van der Waals surface area contributed by atoms with Crippen molar-refractivity contribution in [1.82, 2.24) is 0 Å². The van der Waals surface area contributed by atoms with Gasteiger partial charge >= 0.3 is 6.18 Å². The van der Waals surface area contributed by atoms with Gasteiger partial charge in [0, 0.05) is 12.2 Å². The minimum Gasteiger partial charge on any atom is -0.388 e. The second kappa shape index (κ2) is 5.61. The summed E-state index contributed by atoms with van der Waals surface area (Å²) in [7, 11) is 0. The third-order valence-corrected chi connectivity index (χ3v) is 3.13. The molecule has 0 aromatic heterocycles. The van der Waals surface area contributed by atoms with Crippen molar-refractivity contribution in [3.05, 3.63) is 29.8 Å². The van der Waals surface area contributed by atoms with Gasteiger partial charge in [-0.2, -0.15) is 13.2 Å². The maximum absolute atomic E-state index is 12.5. The molecule has 1 rings (SSSR count). The Morgan fingerprint density at radius 3 is 2.28 bits per heavy atom. The van der Waals surface area contributed by atoms with Crippen LogP contribution in [0.5, 0.6) is 0 Å². The summed E-state index contributed by atoms with van der Waals surface area (Å²) < 4.78 is 37.5. The highest BCUT2D eigenvalue weighted by atomic mass is 19.4. The maximum Gasteiger partial charge on any atom is 0.416 e. The number of halogens is 3. The van der Waals surface area contributed by atoms with E-state index in [-0.39, 0.29) is 6.54 Å². The van der Waals surface area contributed by atoms with Crippen molar-refractivity contribution in [2.45, 2.75) is 38.5 Å². The molecule has 5 heteroatoms. The van der Waals surface area contributed by atoms with Crippen LogP contribution in [-0.2, 0) is 6.18 Å². The predicted octanol–water partition coefficient (Wildman–Crippen LogP) is 3.67. The number of hydrogen-bond acceptors (Lipinski definition) is 2. The van der Waals surface area contributed by atoms with Crippen molar-refractivity contribution >= 4 is 5.69 Å². The highest BCUT2D eigenvalue weighted by Crippen LogP contribution is 2.30. The minimum atomic E-state index is -4.34. The molecule has 0 bridgehead atoms. The number of aliphatic hydroxyl groups is 1. The van der Waals surface area contributed by atoms with Crippen molar-refractivity contribution in [1.29, 1.82) is 0 Å². The maximum atomic E-state index is 12.5. The molecule has 0 saturated heterocycles. The number of alkyl halides is 3. The van der Waals surface area contributed by atoms with Crippen LogP contribution in [0, 0.1) is 0 Å². The molecule has 0 atom stereocenters. The number of benzene rings is 1. The van der Waals surface area contributed by atoms with E-state index in [0.29, 0.717) is 18.5 Å². The van der Waals surface area contributed by atoms with Crippen molar-refractivity contribution in [3.63, 3.8) is 0 Å². The second-order valence-corrected chi connectivity index (χ2v) is 4.36. The molecule has 0 saturated carbocycles. The molecule has 0 unspecified atom stereocenters. The fraction of sp³-hybridized carbons (Fsp3) is 0.538. The summed E-state index contributed by atoms with van der Waals surface area (Å²) in [4.78, 5) is 0. The third kappa shape index (κ3) is 3.91. The molecule has 0 aliphatic rings. The van der Waals surface area contributed by atoms with Gasteiger partial charge in [0.25, 0.3) is 0 Å². The second-order valence-electron chi connectivity index (χ2n) is 4.36. The quantitative estimate of drug-likeness (QED) is 0.847. The van der Waals surface area contributed by atoms with Crippen LogP contribution in [0.4, 0.5) is 18.9 Å². The van der Waals surface area contributed by atoms with Crippen molar-refractivity contribution in [3.8, 4) is 0 Å². The van der Waals surface area contributed by atoms with E-state index >= 15 is 0 Å². The summed E-state index contributed by atoms with van der Waals surface area (Å²) in [5.41, 5.74) is -1.21. The first-order chi connectivity index (χ1) is 8.30. The molecular weight excluding hydrogens is 243 g/mol. The number of rotatable bonds is 5. The highest BCUT2D eigenvalue weighted by molar-refractivity contribution is 5.46. The third-order valence-electron chi connectivity index (χ3n) is 3.13. The Bertz CT molecular complexity index is 386. The van der Waals surface area contributed by atoms with E-state index < -0.39 is 17.3 Å². The van der Waals surface area contributed by atoms with Gasteiger partial charge in [-0.25, -0.2) is 0 Å². The topological polar surface area (TPSA) is 32.3 Å². The van der Waals surface area contributed by atoms with E-state index in [1.165, 1.54) is 6.07 Å². The van der Waals surface area contributed by atoms with E-state index in [4.69, 9.17) is 0 Å². The molecule has 0 aliphatic heterocycles. The van der Waals surface area contributed by atoms with Gasteiger partial charge in [0.1, 0.15) is 0 Å². The molecule has 0 spiro atoms. The molecule has 102 valence electrons. The molecule has 0 heterocycles. The van der Waals surface area contributed by atoms with Crippen LogP contribution >= 0.6 is 0 Å². The largest absolute Gasteiger partial charge is 0.416 e. The van der Waals surface area contributed by atoms with E-state index in [1.807, 2.05) is 13.8 Å². The highest BCUT2D eigenvalue weighted by Gasteiger charge is 2.30. The summed E-state index contributed by atoms with van der Waals surface area (Å²) in [6, 6.07) is 4.98. The smallest absolute Gasteiger partial charge is 0.388 e. The first kappa shape index (κ1) is 14.8. The van der Waals surface area contributed by atoms with Crippen molar-refractivity contribution in [2.75, 3.05) is 11.9 Å². The van der Waals surface area contributed by atoms with Gasteiger partial charge in [0.2, 0.25) is 0 Å². The monoisotopic (exact) mass is 261 g/mol. The Balaban J connectivity index is 2.75. The lowest BCUT2D eigenvalue weighted by molar-refractivity contribution is -0.137. The molecule has 0 amide bonds. The van der Waals surface area contributed by atoms with E-state index in [1.54, 1.807) is 6.07 Å². The van der Waals surface area contributed by atoms with Gasteiger partial charge in [-0.15, -0.1) is 0 Å². The Kier molecular flexibility index (Phi) is 4.62. The van der Waals surface area contributed by atoms with Crippen LogP contribution < -0.4 is 5.32 Å². The lowest BCUT2D eigenvalue weighted by Gasteiger charge is -2.26. The standard InChI is InChI=1S/C13H18F3NO/c1-3-12(18,4-2)9-17-11-7-5-6-10(8-11)13(14,15)16/h5-8,17-18H,3-4,9H2,1-2H3. The fourth-order valence-corrected chi connectivity index (χ4v) is 1.57. The Morgan fingerprint density at radius 1 is 1.17 bits per heavy atom. The first-order valence-electron chi connectivity index (χ1n) is 5.94. The molecule has 2 N–H and O–H groups in total. The number of hydrogen-bond donors (Lipinski definition) is 2. The van der Waals surface area contributed by atoms with Gasteiger partial charge < -0.3 is 10.4 Å². The van der Waals surface area contributed by atoms with Gasteiger partial charge in [-0.05, 0) is 31.0 Å². The van der Waals surface area contributed by atoms with Crippen molar-refractivity contribution in [2.24, 2.45) is 0 Å². The predicted molar refractivity (Wildman–Crippen MR) is 65.5 cm³/mol. The molecule has 18 heavy (non-hydrogen) atoms. The lowest BCUT2D eigenvalue weighted by Crippen LogP contribution is -2.35. The number of nitrogens with one attached hydrogen (secondary N) is 1. The summed E-state index contributed by atoms with van der Waals surface area (Å²) >= 11 is 0. The number of anilines is 1. The van der Waals surface area contributed by atoms with Crippen LogP contribution in [0.25, 0.3) is 0 Å². The van der Waals surface area contributed by atoms with Crippen LogP contribution in [0.2, 0.25) is 0 Å². The van der Waals surface area contributed by atoms with Crippen molar-refractivity contribution < 1.29 is 18.3 Å². The molecule has 1 aromatic rings. The van der Waals surface area contributed by atoms with Gasteiger partial charge in [-0.3, -0.25) is 0 Å². The zero-order valence-electron chi connectivity index (χ0n) is 10.5. The summed E-state index contributed by atoms with van der Waals surface area (Å²) in [6.45, 7) is 3.93. The molecule has 0 radical (unpaired) electrons. The summed E-state index contributed by atoms with van der Waals surface area (Å²) in [6.07, 6.45) is -3.24. The Hall–Kier alpha value is -1.23. The summed E-state index contributed by atoms with van der Waals surface area (Å²) in [5, 5.41) is 12.9. The average Bonchev–Trinajstić information content (AvgIpc) is 2.35. The SMILES string of the molecule is CCC(O)(CC)CNc1cccc(C(F)(F)F)c1. The summed E-state index contributed by atoms with van der Waals surface area (Å²) in [5.74, 6) is 0. The first-order valence-corrected chi connectivity index (χ1v) is 5.94. The molecular formula is C13H18F3NO.